The Morgan fingerprint density at radius 3 is 2.05 bits per heavy atom. The zero-order chi connectivity index (χ0) is 15.9. The summed E-state index contributed by atoms with van der Waals surface area (Å²) in [4.78, 5) is 47.1. The maximum absolute atomic E-state index is 11.8. The van der Waals surface area contributed by atoms with E-state index in [0.29, 0.717) is 0 Å². The molecule has 3 amide bonds. The SMILES string of the molecule is CCN(CC(=O)N(C)C)C(=O)N[C@@H](CC(=O)O)C(=O)O. The first-order valence-corrected chi connectivity index (χ1v) is 5.89. The van der Waals surface area contributed by atoms with E-state index in [1.54, 1.807) is 6.92 Å². The molecule has 0 unspecified atom stereocenters. The van der Waals surface area contributed by atoms with Crippen LogP contribution in [0.1, 0.15) is 13.3 Å². The standard InChI is InChI=1S/C11H19N3O6/c1-4-14(6-8(15)13(2)3)11(20)12-7(10(18)19)5-9(16)17/h7H,4-6H2,1-3H3,(H,12,20)(H,16,17)(H,18,19)/t7-/m0/s1. The molecule has 0 bridgehead atoms. The minimum absolute atomic E-state index is 0.185. The Morgan fingerprint density at radius 1 is 1.15 bits per heavy atom. The quantitative estimate of drug-likeness (QED) is 0.553. The van der Waals surface area contributed by atoms with Gasteiger partial charge < -0.3 is 25.3 Å². The average molecular weight is 289 g/mol. The van der Waals surface area contributed by atoms with Crippen LogP contribution in [0.5, 0.6) is 0 Å². The molecule has 0 heterocycles. The highest BCUT2D eigenvalue weighted by Crippen LogP contribution is 1.97. The number of nitrogens with one attached hydrogen (secondary N) is 1. The molecule has 0 aliphatic rings. The van der Waals surface area contributed by atoms with Crippen molar-refractivity contribution in [3.8, 4) is 0 Å². The summed E-state index contributed by atoms with van der Waals surface area (Å²) in [6.07, 6.45) is -0.736. The maximum Gasteiger partial charge on any atom is 0.326 e. The summed E-state index contributed by atoms with van der Waals surface area (Å²) >= 11 is 0. The first kappa shape index (κ1) is 17.7. The molecule has 0 aliphatic carbocycles. The molecule has 0 fully saturated rings. The number of carboxylic acids is 2. The van der Waals surface area contributed by atoms with Gasteiger partial charge in [0.25, 0.3) is 0 Å². The molecule has 0 spiro atoms. The predicted molar refractivity (Wildman–Crippen MR) is 68.1 cm³/mol. The highest BCUT2D eigenvalue weighted by atomic mass is 16.4. The van der Waals surface area contributed by atoms with Crippen LogP contribution in [-0.2, 0) is 14.4 Å². The highest BCUT2D eigenvalue weighted by Gasteiger charge is 2.26. The highest BCUT2D eigenvalue weighted by molar-refractivity contribution is 5.88. The van der Waals surface area contributed by atoms with Crippen LogP contribution in [0.2, 0.25) is 0 Å². The van der Waals surface area contributed by atoms with Crippen LogP contribution in [0.15, 0.2) is 0 Å². The molecule has 1 atom stereocenters. The van der Waals surface area contributed by atoms with Gasteiger partial charge in [-0.2, -0.15) is 0 Å². The van der Waals surface area contributed by atoms with Gasteiger partial charge in [0, 0.05) is 20.6 Å². The number of amides is 3. The fourth-order valence-electron chi connectivity index (χ4n) is 1.25. The molecular weight excluding hydrogens is 270 g/mol. The van der Waals surface area contributed by atoms with Crippen molar-refractivity contribution in [2.45, 2.75) is 19.4 Å². The maximum atomic E-state index is 11.8. The number of carbonyl (C=O) groups is 4. The molecule has 9 nitrogen and oxygen atoms in total. The number of likely N-dealkylation sites (N-methyl/N-ethyl adjacent to an activating group) is 2. The van der Waals surface area contributed by atoms with Gasteiger partial charge in [0.15, 0.2) is 0 Å². The van der Waals surface area contributed by atoms with Gasteiger partial charge in [-0.3, -0.25) is 9.59 Å². The van der Waals surface area contributed by atoms with E-state index >= 15 is 0 Å². The summed E-state index contributed by atoms with van der Waals surface area (Å²) in [6, 6.07) is -2.33. The third kappa shape index (κ3) is 6.03. The van der Waals surface area contributed by atoms with Gasteiger partial charge in [-0.25, -0.2) is 9.59 Å². The van der Waals surface area contributed by atoms with Crippen molar-refractivity contribution in [1.29, 1.82) is 0 Å². The molecule has 0 saturated carbocycles. The third-order valence-corrected chi connectivity index (χ3v) is 2.47. The summed E-state index contributed by atoms with van der Waals surface area (Å²) in [5.41, 5.74) is 0. The van der Waals surface area contributed by atoms with Crippen LogP contribution in [-0.4, -0.2) is 77.1 Å². The lowest BCUT2D eigenvalue weighted by Gasteiger charge is -2.24. The van der Waals surface area contributed by atoms with Crippen LogP contribution in [0, 0.1) is 0 Å². The Hall–Kier alpha value is -2.32. The molecule has 0 saturated heterocycles. The molecular formula is C11H19N3O6. The lowest BCUT2D eigenvalue weighted by atomic mass is 10.2. The Bertz CT molecular complexity index is 396. The zero-order valence-electron chi connectivity index (χ0n) is 11.6. The van der Waals surface area contributed by atoms with Crippen LogP contribution in [0.4, 0.5) is 4.79 Å². The fraction of sp³-hybridized carbons (Fsp3) is 0.636. The molecule has 9 heteroatoms. The predicted octanol–water partition coefficient (Wildman–Crippen LogP) is -0.966. The number of hydrogen-bond donors (Lipinski definition) is 3. The average Bonchev–Trinajstić information content (AvgIpc) is 2.33. The normalized spacial score (nSPS) is 11.3. The molecule has 0 radical (unpaired) electrons. The van der Waals surface area contributed by atoms with Crippen molar-refractivity contribution in [2.75, 3.05) is 27.2 Å². The van der Waals surface area contributed by atoms with E-state index in [0.717, 1.165) is 4.90 Å². The van der Waals surface area contributed by atoms with Gasteiger partial charge in [0.1, 0.15) is 12.6 Å². The minimum atomic E-state index is -1.54. The van der Waals surface area contributed by atoms with Crippen molar-refractivity contribution in [3.63, 3.8) is 0 Å². The number of nitrogens with zero attached hydrogens (tertiary/aromatic N) is 2. The molecule has 0 aromatic carbocycles. The number of carboxylic acid groups (broad SMARTS) is 2. The Kier molecular flexibility index (Phi) is 7.05. The van der Waals surface area contributed by atoms with Crippen molar-refractivity contribution in [1.82, 2.24) is 15.1 Å². The van der Waals surface area contributed by atoms with Crippen molar-refractivity contribution >= 4 is 23.9 Å². The number of aliphatic carboxylic acids is 2. The van der Waals surface area contributed by atoms with E-state index in [9.17, 15) is 19.2 Å². The monoisotopic (exact) mass is 289 g/mol. The topological polar surface area (TPSA) is 127 Å². The first-order chi connectivity index (χ1) is 9.18. The first-order valence-electron chi connectivity index (χ1n) is 5.89. The fourth-order valence-corrected chi connectivity index (χ4v) is 1.25. The van der Waals surface area contributed by atoms with E-state index in [1.807, 2.05) is 0 Å². The van der Waals surface area contributed by atoms with Crippen LogP contribution in [0.25, 0.3) is 0 Å². The number of rotatable bonds is 7. The largest absolute Gasteiger partial charge is 0.481 e. The molecule has 114 valence electrons. The molecule has 3 N–H and O–H groups in total. The van der Waals surface area contributed by atoms with E-state index < -0.39 is 30.4 Å². The second-order valence-electron chi connectivity index (χ2n) is 4.24. The third-order valence-electron chi connectivity index (χ3n) is 2.47. The van der Waals surface area contributed by atoms with Crippen molar-refractivity contribution in [2.24, 2.45) is 0 Å². The number of hydrogen-bond acceptors (Lipinski definition) is 4. The summed E-state index contributed by atoms with van der Waals surface area (Å²) in [6.45, 7) is 1.59. The van der Waals surface area contributed by atoms with Gasteiger partial charge in [-0.1, -0.05) is 0 Å². The van der Waals surface area contributed by atoms with E-state index in [1.165, 1.54) is 19.0 Å². The van der Waals surface area contributed by atoms with Gasteiger partial charge in [-0.15, -0.1) is 0 Å². The Labute approximate surface area is 116 Å². The molecule has 0 aromatic heterocycles. The van der Waals surface area contributed by atoms with Gasteiger partial charge in [0.2, 0.25) is 5.91 Å². The van der Waals surface area contributed by atoms with Crippen LogP contribution in [0.3, 0.4) is 0 Å². The zero-order valence-corrected chi connectivity index (χ0v) is 11.6. The Morgan fingerprint density at radius 2 is 1.70 bits per heavy atom. The van der Waals surface area contributed by atoms with Crippen molar-refractivity contribution < 1.29 is 29.4 Å². The number of carbonyl (C=O) groups excluding carboxylic acids is 2. The molecule has 0 rings (SSSR count). The summed E-state index contributed by atoms with van der Waals surface area (Å²) < 4.78 is 0. The molecule has 0 aromatic rings. The number of urea groups is 1. The molecule has 20 heavy (non-hydrogen) atoms. The van der Waals surface area contributed by atoms with Crippen LogP contribution < -0.4 is 5.32 Å². The molecule has 0 aliphatic heterocycles. The Balaban J connectivity index is 4.70. The summed E-state index contributed by atoms with van der Waals surface area (Å²) in [5.74, 6) is -3.12. The summed E-state index contributed by atoms with van der Waals surface area (Å²) in [7, 11) is 3.05. The van der Waals surface area contributed by atoms with E-state index in [2.05, 4.69) is 5.32 Å². The smallest absolute Gasteiger partial charge is 0.326 e. The lowest BCUT2D eigenvalue weighted by molar-refractivity contribution is -0.145. The van der Waals surface area contributed by atoms with Crippen LogP contribution >= 0.6 is 0 Å². The van der Waals surface area contributed by atoms with E-state index in [-0.39, 0.29) is 19.0 Å². The second kappa shape index (κ2) is 7.97. The van der Waals surface area contributed by atoms with Gasteiger partial charge >= 0.3 is 18.0 Å². The second-order valence-corrected chi connectivity index (χ2v) is 4.24. The minimum Gasteiger partial charge on any atom is -0.481 e. The lowest BCUT2D eigenvalue weighted by Crippen LogP contribution is -2.51. The van der Waals surface area contributed by atoms with Gasteiger partial charge in [0.05, 0.1) is 6.42 Å². The summed E-state index contributed by atoms with van der Waals surface area (Å²) in [5, 5.41) is 19.5. The van der Waals surface area contributed by atoms with E-state index in [4.69, 9.17) is 10.2 Å². The van der Waals surface area contributed by atoms with Gasteiger partial charge in [-0.05, 0) is 6.92 Å². The van der Waals surface area contributed by atoms with Crippen molar-refractivity contribution in [3.05, 3.63) is 0 Å².